The molecule has 0 bridgehead atoms. The zero-order valence-electron chi connectivity index (χ0n) is 11.0. The quantitative estimate of drug-likeness (QED) is 0.855. The van der Waals surface area contributed by atoms with E-state index < -0.39 is 6.10 Å². The zero-order chi connectivity index (χ0) is 13.8. The number of thioether (sulfide) groups is 1. The average molecular weight is 280 g/mol. The van der Waals surface area contributed by atoms with Gasteiger partial charge in [-0.3, -0.25) is 4.68 Å². The van der Waals surface area contributed by atoms with Gasteiger partial charge in [0.15, 0.2) is 0 Å². The van der Waals surface area contributed by atoms with E-state index in [2.05, 4.69) is 5.10 Å². The fourth-order valence-electron chi connectivity index (χ4n) is 1.88. The Morgan fingerprint density at radius 1 is 1.37 bits per heavy atom. The number of aromatic nitrogens is 2. The first kappa shape index (κ1) is 14.1. The molecule has 3 nitrogen and oxygen atoms in total. The third kappa shape index (κ3) is 4.08. The van der Waals surface area contributed by atoms with Crippen molar-refractivity contribution in [2.75, 3.05) is 5.75 Å². The Hall–Kier alpha value is -1.33. The van der Waals surface area contributed by atoms with E-state index in [4.69, 9.17) is 0 Å². The maximum atomic E-state index is 12.8. The van der Waals surface area contributed by atoms with Gasteiger partial charge in [-0.25, -0.2) is 4.39 Å². The molecule has 1 heterocycles. The fraction of sp³-hybridized carbons (Fsp3) is 0.357. The number of nitrogens with zero attached hydrogens (tertiary/aromatic N) is 2. The molecule has 0 aliphatic rings. The van der Waals surface area contributed by atoms with E-state index in [1.54, 1.807) is 16.8 Å². The third-order valence-electron chi connectivity index (χ3n) is 2.80. The van der Waals surface area contributed by atoms with Crippen LogP contribution < -0.4 is 0 Å². The van der Waals surface area contributed by atoms with Gasteiger partial charge in [-0.2, -0.15) is 5.10 Å². The summed E-state index contributed by atoms with van der Waals surface area (Å²) in [6, 6.07) is 8.28. The molecule has 0 saturated heterocycles. The lowest BCUT2D eigenvalue weighted by Crippen LogP contribution is -2.15. The lowest BCUT2D eigenvalue weighted by molar-refractivity contribution is 0.197. The Labute approximate surface area is 116 Å². The molecule has 0 aliphatic carbocycles. The highest BCUT2D eigenvalue weighted by molar-refractivity contribution is 7.99. The van der Waals surface area contributed by atoms with E-state index in [0.717, 1.165) is 16.3 Å². The molecule has 0 amide bonds. The number of halogens is 1. The first-order valence-electron chi connectivity index (χ1n) is 6.10. The molecule has 0 aliphatic heterocycles. The van der Waals surface area contributed by atoms with Crippen molar-refractivity contribution in [3.8, 4) is 0 Å². The van der Waals surface area contributed by atoms with Gasteiger partial charge in [-0.05, 0) is 37.3 Å². The van der Waals surface area contributed by atoms with E-state index in [0.29, 0.717) is 12.2 Å². The monoisotopic (exact) mass is 280 g/mol. The van der Waals surface area contributed by atoms with Gasteiger partial charge in [0.2, 0.25) is 0 Å². The Morgan fingerprint density at radius 3 is 2.63 bits per heavy atom. The van der Waals surface area contributed by atoms with Gasteiger partial charge in [-0.1, -0.05) is 0 Å². The molecule has 2 aromatic rings. The molecule has 1 atom stereocenters. The molecule has 0 fully saturated rings. The molecular formula is C14H17FN2OS. The fourth-order valence-corrected chi connectivity index (χ4v) is 2.71. The number of benzene rings is 1. The van der Waals surface area contributed by atoms with Gasteiger partial charge in [0, 0.05) is 29.8 Å². The summed E-state index contributed by atoms with van der Waals surface area (Å²) < 4.78 is 14.5. The topological polar surface area (TPSA) is 38.0 Å². The summed E-state index contributed by atoms with van der Waals surface area (Å²) in [4.78, 5) is 0.960. The van der Waals surface area contributed by atoms with Crippen molar-refractivity contribution in [1.82, 2.24) is 9.78 Å². The normalized spacial score (nSPS) is 12.6. The van der Waals surface area contributed by atoms with Crippen LogP contribution in [0.3, 0.4) is 0 Å². The summed E-state index contributed by atoms with van der Waals surface area (Å²) in [5.41, 5.74) is 1.97. The summed E-state index contributed by atoms with van der Waals surface area (Å²) in [7, 11) is 1.88. The summed E-state index contributed by atoms with van der Waals surface area (Å²) in [6.45, 7) is 1.93. The first-order valence-corrected chi connectivity index (χ1v) is 7.09. The lowest BCUT2D eigenvalue weighted by atomic mass is 10.2. The number of aliphatic hydroxyl groups is 1. The molecule has 1 unspecified atom stereocenters. The molecule has 0 radical (unpaired) electrons. The predicted octanol–water partition coefficient (Wildman–Crippen LogP) is 2.56. The second-order valence-corrected chi connectivity index (χ2v) is 5.62. The second kappa shape index (κ2) is 6.21. The highest BCUT2D eigenvalue weighted by Crippen LogP contribution is 2.20. The molecule has 1 aromatic heterocycles. The summed E-state index contributed by atoms with van der Waals surface area (Å²) in [6.07, 6.45) is 0.135. The zero-order valence-corrected chi connectivity index (χ0v) is 11.8. The van der Waals surface area contributed by atoms with Gasteiger partial charge in [0.25, 0.3) is 0 Å². The summed E-state index contributed by atoms with van der Waals surface area (Å²) in [5.74, 6) is 0.339. The van der Waals surface area contributed by atoms with Gasteiger partial charge < -0.3 is 5.11 Å². The van der Waals surface area contributed by atoms with Crippen molar-refractivity contribution in [2.45, 2.75) is 24.3 Å². The molecule has 5 heteroatoms. The minimum Gasteiger partial charge on any atom is -0.392 e. The Bertz CT molecular complexity index is 539. The molecule has 0 saturated carbocycles. The average Bonchev–Trinajstić information content (AvgIpc) is 2.67. The number of rotatable bonds is 5. The Balaban J connectivity index is 1.86. The van der Waals surface area contributed by atoms with Crippen molar-refractivity contribution in [1.29, 1.82) is 0 Å². The number of aryl methyl sites for hydroxylation is 2. The SMILES string of the molecule is Cc1cc(CC(O)CSc2ccc(F)cc2)n(C)n1. The van der Waals surface area contributed by atoms with E-state index in [1.807, 2.05) is 20.0 Å². The van der Waals surface area contributed by atoms with Crippen LogP contribution in [0.5, 0.6) is 0 Å². The van der Waals surface area contributed by atoms with Crippen molar-refractivity contribution in [3.05, 3.63) is 47.5 Å². The smallest absolute Gasteiger partial charge is 0.123 e. The minimum atomic E-state index is -0.440. The largest absolute Gasteiger partial charge is 0.392 e. The predicted molar refractivity (Wildman–Crippen MR) is 74.8 cm³/mol. The molecular weight excluding hydrogens is 263 g/mol. The van der Waals surface area contributed by atoms with Crippen LogP contribution in [0.4, 0.5) is 4.39 Å². The van der Waals surface area contributed by atoms with Crippen molar-refractivity contribution in [2.24, 2.45) is 7.05 Å². The molecule has 1 aromatic carbocycles. The van der Waals surface area contributed by atoms with E-state index in [-0.39, 0.29) is 5.82 Å². The Kier molecular flexibility index (Phi) is 4.61. The Morgan fingerprint density at radius 2 is 2.05 bits per heavy atom. The van der Waals surface area contributed by atoms with Crippen LogP contribution in [0.1, 0.15) is 11.4 Å². The van der Waals surface area contributed by atoms with Crippen LogP contribution in [-0.2, 0) is 13.5 Å². The van der Waals surface area contributed by atoms with E-state index >= 15 is 0 Å². The molecule has 2 rings (SSSR count). The summed E-state index contributed by atoms with van der Waals surface area (Å²) >= 11 is 1.52. The van der Waals surface area contributed by atoms with Gasteiger partial charge in [0.05, 0.1) is 11.8 Å². The van der Waals surface area contributed by atoms with Crippen LogP contribution in [0.2, 0.25) is 0 Å². The maximum Gasteiger partial charge on any atom is 0.123 e. The van der Waals surface area contributed by atoms with Crippen LogP contribution in [-0.4, -0.2) is 26.7 Å². The van der Waals surface area contributed by atoms with E-state index in [1.165, 1.54) is 23.9 Å². The van der Waals surface area contributed by atoms with Gasteiger partial charge >= 0.3 is 0 Å². The first-order chi connectivity index (χ1) is 9.04. The lowest BCUT2D eigenvalue weighted by Gasteiger charge is -2.10. The molecule has 19 heavy (non-hydrogen) atoms. The molecule has 0 spiro atoms. The van der Waals surface area contributed by atoms with Gasteiger partial charge in [-0.15, -0.1) is 11.8 Å². The molecule has 1 N–H and O–H groups in total. The van der Waals surface area contributed by atoms with E-state index in [9.17, 15) is 9.50 Å². The van der Waals surface area contributed by atoms with Crippen molar-refractivity contribution >= 4 is 11.8 Å². The van der Waals surface area contributed by atoms with Crippen LogP contribution >= 0.6 is 11.8 Å². The highest BCUT2D eigenvalue weighted by Gasteiger charge is 2.10. The van der Waals surface area contributed by atoms with Crippen molar-refractivity contribution in [3.63, 3.8) is 0 Å². The van der Waals surface area contributed by atoms with Crippen LogP contribution in [0.15, 0.2) is 35.2 Å². The summed E-state index contributed by atoms with van der Waals surface area (Å²) in [5, 5.41) is 14.3. The standard InChI is InChI=1S/C14H17FN2OS/c1-10-7-12(17(2)16-10)8-13(18)9-19-14-5-3-11(15)4-6-14/h3-7,13,18H,8-9H2,1-2H3. The van der Waals surface area contributed by atoms with Crippen LogP contribution in [0, 0.1) is 12.7 Å². The van der Waals surface area contributed by atoms with Gasteiger partial charge in [0.1, 0.15) is 5.82 Å². The third-order valence-corrected chi connectivity index (χ3v) is 3.96. The van der Waals surface area contributed by atoms with Crippen LogP contribution in [0.25, 0.3) is 0 Å². The minimum absolute atomic E-state index is 0.241. The number of hydrogen-bond donors (Lipinski definition) is 1. The maximum absolute atomic E-state index is 12.8. The highest BCUT2D eigenvalue weighted by atomic mass is 32.2. The number of hydrogen-bond acceptors (Lipinski definition) is 3. The second-order valence-electron chi connectivity index (χ2n) is 4.52. The van der Waals surface area contributed by atoms with Crippen molar-refractivity contribution < 1.29 is 9.50 Å². The number of aliphatic hydroxyl groups excluding tert-OH is 1. The molecule has 102 valence electrons.